The Morgan fingerprint density at radius 2 is 1.69 bits per heavy atom. The van der Waals surface area contributed by atoms with Crippen LogP contribution in [0.15, 0.2) is 34.5 Å². The zero-order valence-corrected chi connectivity index (χ0v) is 21.4. The first kappa shape index (κ1) is 25.9. The molecule has 1 amide bonds. The number of rotatable bonds is 5. The number of hydrogen-bond acceptors (Lipinski definition) is 4. The molecule has 1 N–H and O–H groups in total. The topological polar surface area (TPSA) is 71.2 Å². The smallest absolute Gasteiger partial charge is 0.302 e. The molecule has 0 radical (unpaired) electrons. The van der Waals surface area contributed by atoms with Crippen molar-refractivity contribution in [1.29, 1.82) is 0 Å². The van der Waals surface area contributed by atoms with E-state index < -0.39 is 5.91 Å². The van der Waals surface area contributed by atoms with Gasteiger partial charge in [-0.2, -0.15) is 0 Å². The Hall–Kier alpha value is -2.40. The molecule has 0 aliphatic rings. The minimum atomic E-state index is -0.537. The summed E-state index contributed by atoms with van der Waals surface area (Å²) in [5.74, 6) is 0.300. The summed E-state index contributed by atoms with van der Waals surface area (Å²) in [6, 6.07) is 7.47. The monoisotopic (exact) mass is 458 g/mol. The molecule has 6 heteroatoms. The molecular formula is C26H35ClN2O3. The number of nitrogens with zero attached hydrogens (tertiary/aromatic N) is 2. The fourth-order valence-electron chi connectivity index (χ4n) is 3.22. The number of azo groups is 1. The number of amides is 1. The lowest BCUT2D eigenvalue weighted by Gasteiger charge is -2.26. The van der Waals surface area contributed by atoms with E-state index in [2.05, 4.69) is 31.0 Å². The Kier molecular flexibility index (Phi) is 7.77. The van der Waals surface area contributed by atoms with Gasteiger partial charge >= 0.3 is 5.91 Å². The molecule has 0 fully saturated rings. The van der Waals surface area contributed by atoms with Crippen LogP contribution in [-0.2, 0) is 15.6 Å². The Morgan fingerprint density at radius 3 is 2.22 bits per heavy atom. The molecule has 0 aromatic heterocycles. The van der Waals surface area contributed by atoms with Crippen LogP contribution in [0.25, 0.3) is 0 Å². The molecule has 5 nitrogen and oxygen atoms in total. The van der Waals surface area contributed by atoms with E-state index in [1.807, 2.05) is 59.7 Å². The number of aryl methyl sites for hydroxylation is 1. The first-order valence-corrected chi connectivity index (χ1v) is 11.2. The SMILES string of the molecule is Cc1cc(OCC(=O)N=Nc2cc(C(C)(C)C)cc(C(C)(C)C)c2O)c(C(C)C)cc1Cl. The average molecular weight is 459 g/mol. The number of benzene rings is 2. The maximum Gasteiger partial charge on any atom is 0.302 e. The molecule has 0 unspecified atom stereocenters. The molecule has 0 aliphatic heterocycles. The number of phenolic OH excluding ortho intramolecular Hbond substituents is 1. The van der Waals surface area contributed by atoms with Crippen LogP contribution in [0, 0.1) is 6.92 Å². The Balaban J connectivity index is 2.29. The van der Waals surface area contributed by atoms with Crippen molar-refractivity contribution >= 4 is 23.2 Å². The standard InChI is InChI=1S/C26H35ClN2O3/c1-15(2)18-13-20(27)16(3)10-22(18)32-14-23(30)29-28-21-12-17(25(4,5)6)11-19(24(21)31)26(7,8)9/h10-13,15,31H,14H2,1-9H3. The highest BCUT2D eigenvalue weighted by Crippen LogP contribution is 2.41. The first-order chi connectivity index (χ1) is 14.6. The highest BCUT2D eigenvalue weighted by molar-refractivity contribution is 6.31. The number of hydrogen-bond donors (Lipinski definition) is 1. The van der Waals surface area contributed by atoms with Gasteiger partial charge in [-0.25, -0.2) is 0 Å². The van der Waals surface area contributed by atoms with E-state index in [1.54, 1.807) is 6.07 Å². The minimum absolute atomic E-state index is 0.0402. The third-order valence-electron chi connectivity index (χ3n) is 5.30. The fourth-order valence-corrected chi connectivity index (χ4v) is 3.40. The molecule has 32 heavy (non-hydrogen) atoms. The van der Waals surface area contributed by atoms with E-state index >= 15 is 0 Å². The lowest BCUT2D eigenvalue weighted by molar-refractivity contribution is -0.120. The summed E-state index contributed by atoms with van der Waals surface area (Å²) >= 11 is 6.23. The number of phenols is 1. The molecule has 0 saturated carbocycles. The van der Waals surface area contributed by atoms with Crippen LogP contribution in [0.5, 0.6) is 11.5 Å². The van der Waals surface area contributed by atoms with Gasteiger partial charge in [-0.1, -0.05) is 73.1 Å². The Morgan fingerprint density at radius 1 is 1.06 bits per heavy atom. The minimum Gasteiger partial charge on any atom is -0.505 e. The van der Waals surface area contributed by atoms with E-state index in [0.717, 1.165) is 22.3 Å². The highest BCUT2D eigenvalue weighted by Gasteiger charge is 2.25. The van der Waals surface area contributed by atoms with E-state index in [1.165, 1.54) is 0 Å². The molecule has 2 rings (SSSR count). The van der Waals surface area contributed by atoms with E-state index in [-0.39, 0.29) is 34.8 Å². The molecule has 0 heterocycles. The van der Waals surface area contributed by atoms with Crippen LogP contribution >= 0.6 is 11.6 Å². The van der Waals surface area contributed by atoms with Crippen LogP contribution in [0.3, 0.4) is 0 Å². The van der Waals surface area contributed by atoms with Crippen molar-refractivity contribution < 1.29 is 14.6 Å². The third kappa shape index (κ3) is 6.32. The summed E-state index contributed by atoms with van der Waals surface area (Å²) in [6.45, 7) is 18.0. The molecule has 2 aromatic rings. The quantitative estimate of drug-likeness (QED) is 0.465. The molecule has 2 aromatic carbocycles. The second kappa shape index (κ2) is 9.62. The molecule has 0 atom stereocenters. The van der Waals surface area contributed by atoms with Crippen molar-refractivity contribution in [2.75, 3.05) is 6.61 Å². The Bertz CT molecular complexity index is 1030. The molecular weight excluding hydrogens is 424 g/mol. The zero-order chi connectivity index (χ0) is 24.4. The number of halogens is 1. The van der Waals surface area contributed by atoms with Gasteiger partial charge in [0.2, 0.25) is 0 Å². The van der Waals surface area contributed by atoms with Crippen LogP contribution in [-0.4, -0.2) is 17.6 Å². The number of carbonyl (C=O) groups excluding carboxylic acids is 1. The predicted octanol–water partition coefficient (Wildman–Crippen LogP) is 7.76. The second-order valence-electron chi connectivity index (χ2n) is 10.6. The summed E-state index contributed by atoms with van der Waals surface area (Å²) in [5, 5.41) is 19.3. The summed E-state index contributed by atoms with van der Waals surface area (Å²) < 4.78 is 5.75. The largest absolute Gasteiger partial charge is 0.505 e. The van der Waals surface area contributed by atoms with Gasteiger partial charge in [0, 0.05) is 10.6 Å². The first-order valence-electron chi connectivity index (χ1n) is 10.9. The third-order valence-corrected chi connectivity index (χ3v) is 5.70. The van der Waals surface area contributed by atoms with Crippen molar-refractivity contribution in [3.8, 4) is 11.5 Å². The van der Waals surface area contributed by atoms with Gasteiger partial charge in [-0.05, 0) is 58.6 Å². The van der Waals surface area contributed by atoms with Gasteiger partial charge in [0.15, 0.2) is 6.61 Å². The van der Waals surface area contributed by atoms with Crippen LogP contribution in [0.2, 0.25) is 5.02 Å². The summed E-state index contributed by atoms with van der Waals surface area (Å²) in [7, 11) is 0. The van der Waals surface area contributed by atoms with E-state index in [4.69, 9.17) is 16.3 Å². The van der Waals surface area contributed by atoms with E-state index in [0.29, 0.717) is 10.8 Å². The summed E-state index contributed by atoms with van der Waals surface area (Å²) in [4.78, 5) is 12.4. The number of carbonyl (C=O) groups is 1. The molecule has 0 saturated heterocycles. The second-order valence-corrected chi connectivity index (χ2v) is 11.0. The van der Waals surface area contributed by atoms with Crippen molar-refractivity contribution in [2.24, 2.45) is 10.2 Å². The predicted molar refractivity (Wildman–Crippen MR) is 131 cm³/mol. The fraction of sp³-hybridized carbons (Fsp3) is 0.500. The lowest BCUT2D eigenvalue weighted by atomic mass is 9.80. The number of aromatic hydroxyl groups is 1. The van der Waals surface area contributed by atoms with Crippen molar-refractivity contribution in [3.05, 3.63) is 51.5 Å². The molecule has 174 valence electrons. The van der Waals surface area contributed by atoms with Crippen molar-refractivity contribution in [2.45, 2.75) is 79.1 Å². The zero-order valence-electron chi connectivity index (χ0n) is 20.6. The van der Waals surface area contributed by atoms with Gasteiger partial charge in [0.1, 0.15) is 17.2 Å². The van der Waals surface area contributed by atoms with Gasteiger partial charge in [-0.3, -0.25) is 4.79 Å². The highest BCUT2D eigenvalue weighted by atomic mass is 35.5. The van der Waals surface area contributed by atoms with Gasteiger partial charge < -0.3 is 9.84 Å². The number of ether oxygens (including phenoxy) is 1. The van der Waals surface area contributed by atoms with Gasteiger partial charge in [-0.15, -0.1) is 10.2 Å². The maximum absolute atomic E-state index is 12.4. The average Bonchev–Trinajstić information content (AvgIpc) is 2.65. The van der Waals surface area contributed by atoms with Crippen molar-refractivity contribution in [3.63, 3.8) is 0 Å². The molecule has 0 aliphatic carbocycles. The lowest BCUT2D eigenvalue weighted by Crippen LogP contribution is -2.16. The maximum atomic E-state index is 12.4. The van der Waals surface area contributed by atoms with Crippen molar-refractivity contribution in [1.82, 2.24) is 0 Å². The van der Waals surface area contributed by atoms with Crippen LogP contribution in [0.1, 0.15) is 83.6 Å². The molecule has 0 spiro atoms. The normalized spacial score (nSPS) is 12.6. The Labute approximate surface area is 196 Å². The summed E-state index contributed by atoms with van der Waals surface area (Å²) in [5.41, 5.74) is 3.42. The van der Waals surface area contributed by atoms with E-state index in [9.17, 15) is 9.90 Å². The van der Waals surface area contributed by atoms with Crippen LogP contribution in [0.4, 0.5) is 5.69 Å². The van der Waals surface area contributed by atoms with Crippen LogP contribution < -0.4 is 4.74 Å². The van der Waals surface area contributed by atoms with Gasteiger partial charge in [0.05, 0.1) is 0 Å². The van der Waals surface area contributed by atoms with Gasteiger partial charge in [0.25, 0.3) is 0 Å². The molecule has 0 bridgehead atoms. The summed E-state index contributed by atoms with van der Waals surface area (Å²) in [6.07, 6.45) is 0.